The molecule has 1 aromatic rings. The molecular formula is C12H17FN2O2. The van der Waals surface area contributed by atoms with E-state index in [9.17, 15) is 9.18 Å². The van der Waals surface area contributed by atoms with E-state index in [0.29, 0.717) is 6.54 Å². The number of likely N-dealkylation sites (N-methyl/N-ethyl adjacent to an activating group) is 1. The summed E-state index contributed by atoms with van der Waals surface area (Å²) in [6.07, 6.45) is 0. The van der Waals surface area contributed by atoms with Crippen LogP contribution in [0, 0.1) is 5.82 Å². The van der Waals surface area contributed by atoms with Crippen LogP contribution in [0.1, 0.15) is 17.3 Å². The fourth-order valence-electron chi connectivity index (χ4n) is 1.42. The fourth-order valence-corrected chi connectivity index (χ4v) is 1.42. The summed E-state index contributed by atoms with van der Waals surface area (Å²) in [7, 11) is 2.99. The van der Waals surface area contributed by atoms with Crippen LogP contribution >= 0.6 is 0 Å². The Morgan fingerprint density at radius 2 is 2.24 bits per heavy atom. The van der Waals surface area contributed by atoms with E-state index in [4.69, 9.17) is 10.5 Å². The Labute approximate surface area is 100 Å². The first-order chi connectivity index (χ1) is 8.02. The number of ether oxygens (including phenoxy) is 1. The van der Waals surface area contributed by atoms with E-state index < -0.39 is 11.7 Å². The van der Waals surface area contributed by atoms with Gasteiger partial charge < -0.3 is 15.4 Å². The van der Waals surface area contributed by atoms with Gasteiger partial charge >= 0.3 is 0 Å². The van der Waals surface area contributed by atoms with Crippen molar-refractivity contribution < 1.29 is 13.9 Å². The minimum Gasteiger partial charge on any atom is -0.496 e. The Bertz CT molecular complexity index is 409. The molecule has 1 atom stereocenters. The fraction of sp³-hybridized carbons (Fsp3) is 0.417. The molecule has 1 aromatic carbocycles. The van der Waals surface area contributed by atoms with Gasteiger partial charge in [0.05, 0.1) is 7.11 Å². The van der Waals surface area contributed by atoms with E-state index in [1.54, 1.807) is 20.0 Å². The number of amides is 1. The van der Waals surface area contributed by atoms with Gasteiger partial charge in [-0.25, -0.2) is 4.39 Å². The standard InChI is InChI=1S/C12H17FN2O2/c1-8(7-14)15(2)12(16)11-9(13)5-4-6-10(11)17-3/h4-6,8H,7,14H2,1-3H3. The largest absolute Gasteiger partial charge is 0.496 e. The lowest BCUT2D eigenvalue weighted by Crippen LogP contribution is -2.40. The van der Waals surface area contributed by atoms with Gasteiger partial charge in [-0.05, 0) is 19.1 Å². The lowest BCUT2D eigenvalue weighted by molar-refractivity contribution is 0.0740. The van der Waals surface area contributed by atoms with Crippen LogP contribution in [0.3, 0.4) is 0 Å². The highest BCUT2D eigenvalue weighted by atomic mass is 19.1. The van der Waals surface area contributed by atoms with Crippen molar-refractivity contribution in [2.45, 2.75) is 13.0 Å². The molecule has 1 rings (SSSR count). The number of rotatable bonds is 4. The number of nitrogens with zero attached hydrogens (tertiary/aromatic N) is 1. The summed E-state index contributed by atoms with van der Waals surface area (Å²) in [6.45, 7) is 2.12. The number of nitrogens with two attached hydrogens (primary N) is 1. The Kier molecular flexibility index (Phi) is 4.45. The molecule has 0 radical (unpaired) electrons. The molecule has 0 fully saturated rings. The molecule has 0 aromatic heterocycles. The van der Waals surface area contributed by atoms with E-state index in [0.717, 1.165) is 0 Å². The zero-order valence-corrected chi connectivity index (χ0v) is 10.2. The third kappa shape index (κ3) is 2.74. The summed E-state index contributed by atoms with van der Waals surface area (Å²) in [6, 6.07) is 4.12. The number of methoxy groups -OCH3 is 1. The normalized spacial score (nSPS) is 12.1. The number of carbonyl (C=O) groups is 1. The summed E-state index contributed by atoms with van der Waals surface area (Å²) < 4.78 is 18.6. The zero-order chi connectivity index (χ0) is 13.0. The predicted octanol–water partition coefficient (Wildman–Crippen LogP) is 1.25. The maximum atomic E-state index is 13.7. The first-order valence-electron chi connectivity index (χ1n) is 5.32. The van der Waals surface area contributed by atoms with Crippen molar-refractivity contribution in [2.24, 2.45) is 5.73 Å². The second-order valence-corrected chi connectivity index (χ2v) is 3.82. The van der Waals surface area contributed by atoms with Crippen LogP contribution in [0.4, 0.5) is 4.39 Å². The van der Waals surface area contributed by atoms with Crippen LogP contribution in [-0.2, 0) is 0 Å². The minimum atomic E-state index is -0.592. The Morgan fingerprint density at radius 1 is 1.59 bits per heavy atom. The predicted molar refractivity (Wildman–Crippen MR) is 63.6 cm³/mol. The summed E-state index contributed by atoms with van der Waals surface area (Å²) >= 11 is 0. The van der Waals surface area contributed by atoms with Gasteiger partial charge in [0, 0.05) is 19.6 Å². The third-order valence-corrected chi connectivity index (χ3v) is 2.73. The van der Waals surface area contributed by atoms with E-state index in [-0.39, 0.29) is 17.4 Å². The number of benzene rings is 1. The molecular weight excluding hydrogens is 223 g/mol. The van der Waals surface area contributed by atoms with Crippen molar-refractivity contribution in [3.8, 4) is 5.75 Å². The van der Waals surface area contributed by atoms with Crippen molar-refractivity contribution >= 4 is 5.91 Å². The van der Waals surface area contributed by atoms with Crippen LogP contribution in [0.2, 0.25) is 0 Å². The molecule has 0 saturated carbocycles. The molecule has 0 heterocycles. The van der Waals surface area contributed by atoms with Crippen LogP contribution in [0.25, 0.3) is 0 Å². The Morgan fingerprint density at radius 3 is 2.76 bits per heavy atom. The molecule has 17 heavy (non-hydrogen) atoms. The summed E-state index contributed by atoms with van der Waals surface area (Å²) in [5.41, 5.74) is 5.42. The van der Waals surface area contributed by atoms with Gasteiger partial charge in [0.15, 0.2) is 0 Å². The maximum Gasteiger partial charge on any atom is 0.260 e. The van der Waals surface area contributed by atoms with Gasteiger partial charge in [0.25, 0.3) is 5.91 Å². The van der Waals surface area contributed by atoms with Crippen molar-refractivity contribution in [3.63, 3.8) is 0 Å². The molecule has 4 nitrogen and oxygen atoms in total. The van der Waals surface area contributed by atoms with E-state index in [1.165, 1.54) is 24.1 Å². The average Bonchev–Trinajstić information content (AvgIpc) is 2.35. The highest BCUT2D eigenvalue weighted by molar-refractivity contribution is 5.97. The van der Waals surface area contributed by atoms with Gasteiger partial charge in [-0.15, -0.1) is 0 Å². The van der Waals surface area contributed by atoms with Crippen LogP contribution in [0.5, 0.6) is 5.75 Å². The highest BCUT2D eigenvalue weighted by Crippen LogP contribution is 2.23. The van der Waals surface area contributed by atoms with Gasteiger partial charge in [0.1, 0.15) is 17.1 Å². The number of hydrogen-bond acceptors (Lipinski definition) is 3. The van der Waals surface area contributed by atoms with Gasteiger partial charge in [-0.2, -0.15) is 0 Å². The van der Waals surface area contributed by atoms with Crippen molar-refractivity contribution in [3.05, 3.63) is 29.6 Å². The molecule has 94 valence electrons. The summed E-state index contributed by atoms with van der Waals surface area (Å²) in [5, 5.41) is 0. The van der Waals surface area contributed by atoms with Crippen molar-refractivity contribution in [1.82, 2.24) is 4.90 Å². The molecule has 0 aliphatic rings. The quantitative estimate of drug-likeness (QED) is 0.861. The number of carbonyl (C=O) groups excluding carboxylic acids is 1. The molecule has 0 spiro atoms. The lowest BCUT2D eigenvalue weighted by atomic mass is 10.1. The molecule has 1 unspecified atom stereocenters. The molecule has 0 saturated heterocycles. The van der Waals surface area contributed by atoms with E-state index >= 15 is 0 Å². The van der Waals surface area contributed by atoms with Gasteiger partial charge in [-0.1, -0.05) is 6.07 Å². The number of hydrogen-bond donors (Lipinski definition) is 1. The van der Waals surface area contributed by atoms with Crippen molar-refractivity contribution in [2.75, 3.05) is 20.7 Å². The molecule has 0 aliphatic heterocycles. The van der Waals surface area contributed by atoms with Crippen LogP contribution in [0.15, 0.2) is 18.2 Å². The Balaban J connectivity index is 3.11. The third-order valence-electron chi connectivity index (χ3n) is 2.73. The van der Waals surface area contributed by atoms with Gasteiger partial charge in [-0.3, -0.25) is 4.79 Å². The van der Waals surface area contributed by atoms with E-state index in [2.05, 4.69) is 0 Å². The highest BCUT2D eigenvalue weighted by Gasteiger charge is 2.23. The molecule has 0 bridgehead atoms. The topological polar surface area (TPSA) is 55.6 Å². The smallest absolute Gasteiger partial charge is 0.260 e. The SMILES string of the molecule is COc1cccc(F)c1C(=O)N(C)C(C)CN. The average molecular weight is 240 g/mol. The second kappa shape index (κ2) is 5.63. The minimum absolute atomic E-state index is 0.0576. The first kappa shape index (κ1) is 13.4. The van der Waals surface area contributed by atoms with Gasteiger partial charge in [0.2, 0.25) is 0 Å². The molecule has 1 amide bonds. The molecule has 5 heteroatoms. The Hall–Kier alpha value is -1.62. The van der Waals surface area contributed by atoms with Crippen LogP contribution in [-0.4, -0.2) is 37.6 Å². The first-order valence-corrected chi connectivity index (χ1v) is 5.32. The lowest BCUT2D eigenvalue weighted by Gasteiger charge is -2.24. The van der Waals surface area contributed by atoms with Crippen LogP contribution < -0.4 is 10.5 Å². The summed E-state index contributed by atoms with van der Waals surface area (Å²) in [5.74, 6) is -0.797. The second-order valence-electron chi connectivity index (χ2n) is 3.82. The monoisotopic (exact) mass is 240 g/mol. The number of halogens is 1. The zero-order valence-electron chi connectivity index (χ0n) is 10.2. The van der Waals surface area contributed by atoms with Crippen molar-refractivity contribution in [1.29, 1.82) is 0 Å². The molecule has 2 N–H and O–H groups in total. The van der Waals surface area contributed by atoms with E-state index in [1.807, 2.05) is 0 Å². The molecule has 0 aliphatic carbocycles. The summed E-state index contributed by atoms with van der Waals surface area (Å²) in [4.78, 5) is 13.5. The maximum absolute atomic E-state index is 13.7.